The van der Waals surface area contributed by atoms with Crippen molar-refractivity contribution < 1.29 is 9.13 Å². The molecule has 0 bridgehead atoms. The zero-order valence-electron chi connectivity index (χ0n) is 13.7. The summed E-state index contributed by atoms with van der Waals surface area (Å²) in [6, 6.07) is 3.02. The lowest BCUT2D eigenvalue weighted by Gasteiger charge is -2.31. The highest BCUT2D eigenvalue weighted by Gasteiger charge is 2.26. The molecule has 4 heterocycles. The molecule has 0 aromatic carbocycles. The van der Waals surface area contributed by atoms with E-state index in [1.165, 1.54) is 6.07 Å². The summed E-state index contributed by atoms with van der Waals surface area (Å²) >= 11 is 0. The van der Waals surface area contributed by atoms with E-state index >= 15 is 0 Å². The van der Waals surface area contributed by atoms with Gasteiger partial charge >= 0.3 is 0 Å². The van der Waals surface area contributed by atoms with E-state index < -0.39 is 0 Å². The van der Waals surface area contributed by atoms with Gasteiger partial charge in [0.1, 0.15) is 17.4 Å². The van der Waals surface area contributed by atoms with Crippen molar-refractivity contribution in [2.45, 2.75) is 12.6 Å². The highest BCUT2D eigenvalue weighted by atomic mass is 19.1. The molecule has 1 fully saturated rings. The predicted octanol–water partition coefficient (Wildman–Crippen LogP) is 1.50. The van der Waals surface area contributed by atoms with Crippen molar-refractivity contribution in [1.29, 1.82) is 0 Å². The Balaban J connectivity index is 1.56. The second kappa shape index (κ2) is 6.69. The number of nitrogens with one attached hydrogen (secondary N) is 2. The number of halogens is 1. The summed E-state index contributed by atoms with van der Waals surface area (Å²) < 4.78 is 19.7. The smallest absolute Gasteiger partial charge is 0.183 e. The molecule has 3 aromatic heterocycles. The van der Waals surface area contributed by atoms with Crippen molar-refractivity contribution >= 4 is 17.0 Å². The maximum absolute atomic E-state index is 13.8. The van der Waals surface area contributed by atoms with E-state index in [1.54, 1.807) is 25.6 Å². The van der Waals surface area contributed by atoms with Gasteiger partial charge in [0.15, 0.2) is 17.3 Å². The number of pyridine rings is 1. The van der Waals surface area contributed by atoms with Crippen LogP contribution in [-0.2, 0) is 11.3 Å². The first-order valence-corrected chi connectivity index (χ1v) is 8.06. The number of rotatable bonds is 4. The molecule has 1 aliphatic heterocycles. The van der Waals surface area contributed by atoms with Crippen molar-refractivity contribution in [3.63, 3.8) is 0 Å². The quantitative estimate of drug-likeness (QED) is 0.742. The summed E-state index contributed by atoms with van der Waals surface area (Å²) in [6.07, 6.45) is 2.89. The van der Waals surface area contributed by atoms with Crippen LogP contribution in [0.3, 0.4) is 0 Å². The zero-order chi connectivity index (χ0) is 17.2. The fraction of sp³-hybridized carbons (Fsp3) is 0.375. The highest BCUT2D eigenvalue weighted by Crippen LogP contribution is 2.24. The lowest BCUT2D eigenvalue weighted by molar-refractivity contribution is -0.0376. The number of morpholine rings is 1. The molecule has 0 radical (unpaired) electrons. The van der Waals surface area contributed by atoms with Crippen LogP contribution in [0.2, 0.25) is 0 Å². The third-order valence-corrected chi connectivity index (χ3v) is 4.19. The minimum absolute atomic E-state index is 0.294. The third kappa shape index (κ3) is 3.15. The third-order valence-electron chi connectivity index (χ3n) is 4.19. The molecule has 130 valence electrons. The summed E-state index contributed by atoms with van der Waals surface area (Å²) in [4.78, 5) is 22.5. The van der Waals surface area contributed by atoms with Gasteiger partial charge in [-0.25, -0.2) is 19.3 Å². The Hall–Kier alpha value is -2.65. The van der Waals surface area contributed by atoms with E-state index in [-0.39, 0.29) is 11.9 Å². The van der Waals surface area contributed by atoms with Crippen molar-refractivity contribution in [1.82, 2.24) is 29.8 Å². The van der Waals surface area contributed by atoms with Gasteiger partial charge in [0.05, 0.1) is 18.6 Å². The number of fused-ring (bicyclic) bond motifs is 1. The van der Waals surface area contributed by atoms with Gasteiger partial charge in [-0.15, -0.1) is 0 Å². The SMILES string of the molecule is CNc1nc(C2CN(Cc3ncccc3F)CCO2)nc2nc[nH]c12. The minimum Gasteiger partial charge on any atom is -0.371 e. The van der Waals surface area contributed by atoms with Crippen LogP contribution in [0.1, 0.15) is 17.6 Å². The first kappa shape index (κ1) is 15.9. The van der Waals surface area contributed by atoms with E-state index in [9.17, 15) is 4.39 Å². The fourth-order valence-electron chi connectivity index (χ4n) is 2.92. The minimum atomic E-state index is -0.297. The van der Waals surface area contributed by atoms with E-state index in [1.807, 2.05) is 0 Å². The van der Waals surface area contributed by atoms with Crippen LogP contribution in [0.15, 0.2) is 24.7 Å². The molecule has 0 saturated carbocycles. The van der Waals surface area contributed by atoms with E-state index in [0.717, 1.165) is 5.52 Å². The number of anilines is 1. The molecular weight excluding hydrogens is 325 g/mol. The Morgan fingerprint density at radius 1 is 1.40 bits per heavy atom. The first-order valence-electron chi connectivity index (χ1n) is 8.06. The number of H-pyrrole nitrogens is 1. The molecule has 1 unspecified atom stereocenters. The van der Waals surface area contributed by atoms with Crippen molar-refractivity contribution in [2.75, 3.05) is 32.1 Å². The number of imidazole rings is 1. The Kier molecular flexibility index (Phi) is 4.24. The maximum atomic E-state index is 13.8. The Morgan fingerprint density at radius 3 is 3.16 bits per heavy atom. The molecule has 0 amide bonds. The van der Waals surface area contributed by atoms with Crippen LogP contribution in [-0.4, -0.2) is 56.6 Å². The average molecular weight is 343 g/mol. The summed E-state index contributed by atoms with van der Waals surface area (Å²) in [6.45, 7) is 2.22. The molecule has 8 nitrogen and oxygen atoms in total. The molecule has 25 heavy (non-hydrogen) atoms. The zero-order valence-corrected chi connectivity index (χ0v) is 13.7. The highest BCUT2D eigenvalue weighted by molar-refractivity contribution is 5.82. The van der Waals surface area contributed by atoms with E-state index in [2.05, 4.69) is 35.1 Å². The van der Waals surface area contributed by atoms with Gasteiger partial charge in [-0.3, -0.25) is 9.88 Å². The first-order chi connectivity index (χ1) is 12.2. The number of hydrogen-bond donors (Lipinski definition) is 2. The maximum Gasteiger partial charge on any atom is 0.183 e. The monoisotopic (exact) mass is 343 g/mol. The number of aromatic amines is 1. The molecule has 2 N–H and O–H groups in total. The molecule has 3 aromatic rings. The number of aromatic nitrogens is 5. The fourth-order valence-corrected chi connectivity index (χ4v) is 2.92. The summed E-state index contributed by atoms with van der Waals surface area (Å²) in [5.41, 5.74) is 1.78. The molecule has 9 heteroatoms. The normalized spacial score (nSPS) is 18.6. The van der Waals surface area contributed by atoms with Gasteiger partial charge in [0.2, 0.25) is 0 Å². The average Bonchev–Trinajstić information content (AvgIpc) is 3.12. The molecule has 0 aliphatic carbocycles. The van der Waals surface area contributed by atoms with Crippen molar-refractivity contribution in [3.8, 4) is 0 Å². The van der Waals surface area contributed by atoms with Gasteiger partial charge in [0, 0.05) is 32.9 Å². The van der Waals surface area contributed by atoms with Crippen LogP contribution < -0.4 is 5.32 Å². The number of hydrogen-bond acceptors (Lipinski definition) is 7. The van der Waals surface area contributed by atoms with Crippen LogP contribution in [0, 0.1) is 5.82 Å². The molecule has 4 rings (SSSR count). The van der Waals surface area contributed by atoms with Crippen LogP contribution in [0.4, 0.5) is 10.2 Å². The number of nitrogens with zero attached hydrogens (tertiary/aromatic N) is 5. The second-order valence-corrected chi connectivity index (χ2v) is 5.81. The van der Waals surface area contributed by atoms with Gasteiger partial charge in [-0.1, -0.05) is 0 Å². The summed E-state index contributed by atoms with van der Waals surface area (Å²) in [7, 11) is 1.80. The van der Waals surface area contributed by atoms with Gasteiger partial charge in [-0.05, 0) is 12.1 Å². The van der Waals surface area contributed by atoms with Gasteiger partial charge < -0.3 is 15.0 Å². The lowest BCUT2D eigenvalue weighted by Crippen LogP contribution is -2.38. The van der Waals surface area contributed by atoms with E-state index in [4.69, 9.17) is 4.74 Å². The molecule has 1 saturated heterocycles. The van der Waals surface area contributed by atoms with Crippen LogP contribution in [0.5, 0.6) is 0 Å². The number of ether oxygens (including phenoxy) is 1. The Bertz CT molecular complexity index is 884. The lowest BCUT2D eigenvalue weighted by atomic mass is 10.2. The summed E-state index contributed by atoms with van der Waals surface area (Å²) in [5.74, 6) is 0.946. The van der Waals surface area contributed by atoms with Crippen LogP contribution in [0.25, 0.3) is 11.2 Å². The Labute approximate surface area is 143 Å². The van der Waals surface area contributed by atoms with Gasteiger partial charge in [-0.2, -0.15) is 0 Å². The van der Waals surface area contributed by atoms with Crippen molar-refractivity contribution in [2.24, 2.45) is 0 Å². The molecular formula is C16H18FN7O. The summed E-state index contributed by atoms with van der Waals surface area (Å²) in [5, 5.41) is 3.04. The largest absolute Gasteiger partial charge is 0.371 e. The molecule has 1 aliphatic rings. The standard InChI is InChI=1S/C16H18FN7O/c1-18-15-13-16(21-9-20-13)23-14(22-15)12-8-24(5-6-25-12)7-11-10(17)3-2-4-19-11/h2-4,9,12H,5-8H2,1H3,(H2,18,20,21,22,23). The Morgan fingerprint density at radius 2 is 2.32 bits per heavy atom. The topological polar surface area (TPSA) is 91.8 Å². The predicted molar refractivity (Wildman–Crippen MR) is 89.4 cm³/mol. The second-order valence-electron chi connectivity index (χ2n) is 5.81. The molecule has 0 spiro atoms. The molecule has 1 atom stereocenters. The van der Waals surface area contributed by atoms with Crippen LogP contribution >= 0.6 is 0 Å². The van der Waals surface area contributed by atoms with Gasteiger partial charge in [0.25, 0.3) is 0 Å². The van der Waals surface area contributed by atoms with E-state index in [0.29, 0.717) is 49.2 Å². The van der Waals surface area contributed by atoms with Crippen molar-refractivity contribution in [3.05, 3.63) is 42.0 Å².